The fourth-order valence-electron chi connectivity index (χ4n) is 1.01. The maximum Gasteiger partial charge on any atom is 0.212 e. The van der Waals surface area contributed by atoms with E-state index in [1.807, 2.05) is 12.3 Å². The van der Waals surface area contributed by atoms with Gasteiger partial charge < -0.3 is 0 Å². The lowest BCUT2D eigenvalue weighted by atomic mass is 10.3. The van der Waals surface area contributed by atoms with E-state index in [9.17, 15) is 4.39 Å². The Balaban J connectivity index is 2.22. The first-order chi connectivity index (χ1) is 7.24. The highest BCUT2D eigenvalue weighted by Gasteiger charge is 1.93. The average Bonchev–Trinajstić information content (AvgIpc) is 2.64. The molecule has 74 valence electrons. The van der Waals surface area contributed by atoms with Gasteiger partial charge in [0.2, 0.25) is 5.95 Å². The molecule has 0 spiro atoms. The Morgan fingerprint density at radius 2 is 2.20 bits per heavy atom. The zero-order valence-electron chi connectivity index (χ0n) is 7.99. The van der Waals surface area contributed by atoms with Crippen LogP contribution in [0.25, 0.3) is 0 Å². The average molecular weight is 217 g/mol. The molecule has 0 aliphatic heterocycles. The minimum Gasteiger partial charge on any atom is -0.233 e. The van der Waals surface area contributed by atoms with E-state index in [4.69, 9.17) is 0 Å². The standard InChI is InChI=1S/C11H7FN2S/c1-8-14-10(7-15-8)4-2-9-3-5-11(12)13-6-9/h3,5-7H,1H3/i12-1. The second kappa shape index (κ2) is 4.20. The second-order valence-electron chi connectivity index (χ2n) is 2.87. The first-order valence-electron chi connectivity index (χ1n) is 4.30. The van der Waals surface area contributed by atoms with Gasteiger partial charge in [-0.2, -0.15) is 4.39 Å². The molecule has 0 radical (unpaired) electrons. The number of aromatic nitrogens is 2. The van der Waals surface area contributed by atoms with Crippen molar-refractivity contribution in [3.63, 3.8) is 0 Å². The lowest BCUT2D eigenvalue weighted by Gasteiger charge is -1.87. The molecular weight excluding hydrogens is 210 g/mol. The molecule has 0 atom stereocenters. The second-order valence-corrected chi connectivity index (χ2v) is 3.93. The van der Waals surface area contributed by atoms with Gasteiger partial charge in [-0.3, -0.25) is 0 Å². The molecule has 2 aromatic rings. The fourth-order valence-corrected chi connectivity index (χ4v) is 1.55. The molecule has 15 heavy (non-hydrogen) atoms. The summed E-state index contributed by atoms with van der Waals surface area (Å²) in [5.41, 5.74) is 1.42. The van der Waals surface area contributed by atoms with Crippen molar-refractivity contribution in [3.05, 3.63) is 45.9 Å². The summed E-state index contributed by atoms with van der Waals surface area (Å²) in [6.45, 7) is 1.93. The van der Waals surface area contributed by atoms with Crippen molar-refractivity contribution in [2.24, 2.45) is 0 Å². The summed E-state index contributed by atoms with van der Waals surface area (Å²) in [4.78, 5) is 7.70. The van der Waals surface area contributed by atoms with Gasteiger partial charge in [-0.05, 0) is 25.0 Å². The number of pyridine rings is 1. The molecule has 2 aromatic heterocycles. The van der Waals surface area contributed by atoms with Crippen LogP contribution in [0.15, 0.2) is 23.7 Å². The minimum absolute atomic E-state index is 0.495. The van der Waals surface area contributed by atoms with Crippen LogP contribution in [0.1, 0.15) is 16.3 Å². The van der Waals surface area contributed by atoms with Gasteiger partial charge in [-0.25, -0.2) is 9.97 Å². The first kappa shape index (κ1) is 9.81. The summed E-state index contributed by atoms with van der Waals surface area (Å²) >= 11 is 1.55. The smallest absolute Gasteiger partial charge is 0.212 e. The molecule has 0 aliphatic rings. The predicted molar refractivity (Wildman–Crippen MR) is 57.0 cm³/mol. The van der Waals surface area contributed by atoms with Crippen LogP contribution < -0.4 is 0 Å². The molecular formula is C11H7FN2S. The number of aryl methyl sites for hydroxylation is 1. The van der Waals surface area contributed by atoms with Crippen molar-refractivity contribution in [2.45, 2.75) is 6.92 Å². The normalized spacial score (nSPS) is 9.47. The van der Waals surface area contributed by atoms with Crippen LogP contribution >= 0.6 is 11.3 Å². The largest absolute Gasteiger partial charge is 0.233 e. The molecule has 0 unspecified atom stereocenters. The monoisotopic (exact) mass is 217 g/mol. The highest BCUT2D eigenvalue weighted by molar-refractivity contribution is 7.09. The Morgan fingerprint density at radius 1 is 1.33 bits per heavy atom. The Hall–Kier alpha value is -1.73. The SMILES string of the molecule is Cc1nc(C#Cc2ccc([18F])nc2)cs1. The van der Waals surface area contributed by atoms with Crippen molar-refractivity contribution in [2.75, 3.05) is 0 Å². The van der Waals surface area contributed by atoms with Crippen molar-refractivity contribution in [1.82, 2.24) is 9.97 Å². The Labute approximate surface area is 90.8 Å². The Bertz CT molecular complexity index is 520. The quantitative estimate of drug-likeness (QED) is 0.500. The number of nitrogens with zero attached hydrogens (tertiary/aromatic N) is 2. The lowest BCUT2D eigenvalue weighted by molar-refractivity contribution is 0.583. The molecule has 0 amide bonds. The highest BCUT2D eigenvalue weighted by atomic mass is 32.1. The molecule has 0 fully saturated rings. The third-order valence-corrected chi connectivity index (χ3v) is 2.45. The topological polar surface area (TPSA) is 25.8 Å². The number of halogens is 1. The van der Waals surface area contributed by atoms with Crippen LogP contribution in [0.2, 0.25) is 0 Å². The number of hydrogen-bond donors (Lipinski definition) is 0. The molecule has 4 heteroatoms. The zero-order chi connectivity index (χ0) is 10.7. The molecule has 2 heterocycles. The Morgan fingerprint density at radius 3 is 2.80 bits per heavy atom. The number of hydrogen-bond acceptors (Lipinski definition) is 3. The minimum atomic E-state index is -0.495. The van der Waals surface area contributed by atoms with Crippen molar-refractivity contribution < 1.29 is 4.39 Å². The highest BCUT2D eigenvalue weighted by Crippen LogP contribution is 2.06. The summed E-state index contributed by atoms with van der Waals surface area (Å²) in [6, 6.07) is 2.88. The van der Waals surface area contributed by atoms with Crippen LogP contribution in [-0.4, -0.2) is 9.97 Å². The maximum atomic E-state index is 12.5. The van der Waals surface area contributed by atoms with E-state index in [0.29, 0.717) is 5.56 Å². The van der Waals surface area contributed by atoms with Crippen LogP contribution in [0.4, 0.5) is 4.39 Å². The van der Waals surface area contributed by atoms with Crippen LogP contribution in [-0.2, 0) is 0 Å². The predicted octanol–water partition coefficient (Wildman–Crippen LogP) is 2.39. The third-order valence-electron chi connectivity index (χ3n) is 1.68. The summed E-state index contributed by atoms with van der Waals surface area (Å²) in [7, 11) is 0. The van der Waals surface area contributed by atoms with E-state index in [1.54, 1.807) is 17.4 Å². The summed E-state index contributed by atoms with van der Waals surface area (Å²) in [5.74, 6) is 5.26. The van der Waals surface area contributed by atoms with Gasteiger partial charge in [0.25, 0.3) is 0 Å². The van der Waals surface area contributed by atoms with Gasteiger partial charge in [0.1, 0.15) is 5.69 Å². The van der Waals surface area contributed by atoms with E-state index in [0.717, 1.165) is 10.7 Å². The van der Waals surface area contributed by atoms with Gasteiger partial charge in [0.15, 0.2) is 0 Å². The molecule has 0 N–H and O–H groups in total. The van der Waals surface area contributed by atoms with Gasteiger partial charge in [0, 0.05) is 17.1 Å². The van der Waals surface area contributed by atoms with Crippen LogP contribution in [0, 0.1) is 24.7 Å². The van der Waals surface area contributed by atoms with E-state index in [1.165, 1.54) is 12.3 Å². The molecule has 2 nitrogen and oxygen atoms in total. The third kappa shape index (κ3) is 2.61. The number of thiazole rings is 1. The fraction of sp³-hybridized carbons (Fsp3) is 0.0909. The maximum absolute atomic E-state index is 12.5. The van der Waals surface area contributed by atoms with E-state index in [2.05, 4.69) is 21.8 Å². The van der Waals surface area contributed by atoms with Crippen LogP contribution in [0.5, 0.6) is 0 Å². The lowest BCUT2D eigenvalue weighted by Crippen LogP contribution is -1.82. The molecule has 2 rings (SSSR count). The van der Waals surface area contributed by atoms with Crippen molar-refractivity contribution in [3.8, 4) is 11.8 Å². The van der Waals surface area contributed by atoms with Crippen molar-refractivity contribution >= 4 is 11.3 Å². The molecule has 0 aliphatic carbocycles. The summed E-state index contributed by atoms with van der Waals surface area (Å²) < 4.78 is 12.5. The van der Waals surface area contributed by atoms with E-state index in [-0.39, 0.29) is 0 Å². The van der Waals surface area contributed by atoms with Crippen molar-refractivity contribution in [1.29, 1.82) is 0 Å². The van der Waals surface area contributed by atoms with Gasteiger partial charge in [-0.1, -0.05) is 5.92 Å². The van der Waals surface area contributed by atoms with Crippen LogP contribution in [0.3, 0.4) is 0 Å². The molecule has 0 bridgehead atoms. The van der Waals surface area contributed by atoms with Gasteiger partial charge >= 0.3 is 0 Å². The van der Waals surface area contributed by atoms with E-state index < -0.39 is 5.95 Å². The van der Waals surface area contributed by atoms with Gasteiger partial charge in [0.05, 0.1) is 5.01 Å². The number of rotatable bonds is 0. The molecule has 0 aromatic carbocycles. The first-order valence-corrected chi connectivity index (χ1v) is 5.18. The molecule has 0 saturated heterocycles. The van der Waals surface area contributed by atoms with E-state index >= 15 is 0 Å². The Kier molecular flexibility index (Phi) is 2.75. The summed E-state index contributed by atoms with van der Waals surface area (Å²) in [6.07, 6.45) is 1.40. The summed E-state index contributed by atoms with van der Waals surface area (Å²) in [5, 5.41) is 2.87. The zero-order valence-corrected chi connectivity index (χ0v) is 8.81. The molecule has 0 saturated carbocycles. The van der Waals surface area contributed by atoms with Gasteiger partial charge in [-0.15, -0.1) is 11.3 Å².